The number of rotatable bonds is 5. The minimum absolute atomic E-state index is 0.0444. The topological polar surface area (TPSA) is 92.6 Å². The molecule has 2 aromatic carbocycles. The van der Waals surface area contributed by atoms with Gasteiger partial charge in [-0.15, -0.1) is 0 Å². The van der Waals surface area contributed by atoms with E-state index in [-0.39, 0.29) is 17.3 Å². The highest BCUT2D eigenvalue weighted by Crippen LogP contribution is 2.44. The number of nitrogens with zero attached hydrogens (tertiary/aromatic N) is 3. The Labute approximate surface area is 223 Å². The van der Waals surface area contributed by atoms with Crippen LogP contribution in [-0.4, -0.2) is 33.9 Å². The number of anilines is 1. The summed E-state index contributed by atoms with van der Waals surface area (Å²) in [4.78, 5) is 37.3. The Morgan fingerprint density at radius 2 is 1.95 bits per heavy atom. The Balaban J connectivity index is 1.72. The van der Waals surface area contributed by atoms with Gasteiger partial charge in [0.05, 0.1) is 28.6 Å². The first-order valence-electron chi connectivity index (χ1n) is 11.7. The quantitative estimate of drug-likeness (QED) is 0.181. The Hall–Kier alpha value is -3.75. The van der Waals surface area contributed by atoms with Crippen molar-refractivity contribution in [2.24, 2.45) is 0 Å². The van der Waals surface area contributed by atoms with Crippen LogP contribution in [0.2, 0.25) is 5.02 Å². The van der Waals surface area contributed by atoms with E-state index in [1.54, 1.807) is 55.8 Å². The minimum Gasteiger partial charge on any atom is -0.507 e. The summed E-state index contributed by atoms with van der Waals surface area (Å²) < 4.78 is 6.29. The Bertz CT molecular complexity index is 1540. The van der Waals surface area contributed by atoms with Crippen molar-refractivity contribution in [3.63, 3.8) is 0 Å². The van der Waals surface area contributed by atoms with Crippen LogP contribution < -0.4 is 9.64 Å². The molecule has 5 rings (SSSR count). The molecule has 7 nitrogen and oxygen atoms in total. The molecule has 3 heterocycles. The first-order valence-corrected chi connectivity index (χ1v) is 12.9. The van der Waals surface area contributed by atoms with Crippen molar-refractivity contribution in [2.75, 3.05) is 12.0 Å². The predicted molar refractivity (Wildman–Crippen MR) is 145 cm³/mol. The van der Waals surface area contributed by atoms with Gasteiger partial charge in [0.2, 0.25) is 0 Å². The molecule has 1 amide bonds. The van der Waals surface area contributed by atoms with Crippen LogP contribution in [0.1, 0.15) is 48.2 Å². The van der Waals surface area contributed by atoms with E-state index in [1.807, 2.05) is 26.8 Å². The molecule has 4 aromatic rings. The number of hydrogen-bond donors (Lipinski definition) is 1. The lowest BCUT2D eigenvalue weighted by Crippen LogP contribution is -2.29. The van der Waals surface area contributed by atoms with E-state index in [0.717, 1.165) is 15.8 Å². The normalized spacial score (nSPS) is 17.2. The molecule has 37 heavy (non-hydrogen) atoms. The molecule has 0 radical (unpaired) electrons. The van der Waals surface area contributed by atoms with Crippen LogP contribution >= 0.6 is 22.9 Å². The maximum Gasteiger partial charge on any atom is 0.301 e. The maximum absolute atomic E-state index is 13.4. The lowest BCUT2D eigenvalue weighted by atomic mass is 9.94. The fourth-order valence-electron chi connectivity index (χ4n) is 4.48. The standard InChI is InChI=1S/C28H24ClN3O4S/c1-14(2)17-12-16(8-9-21(17)36-4)25(33)23-24(19-7-5-6-10-30-19)32(27(35)26(23)34)28-31-20-13-18(29)15(3)11-22(20)37-28/h5-14,24,33H,1-4H3/b25-23+. The number of ether oxygens (including phenoxy) is 1. The molecule has 1 aliphatic rings. The highest BCUT2D eigenvalue weighted by Gasteiger charge is 2.48. The van der Waals surface area contributed by atoms with Crippen LogP contribution in [0.5, 0.6) is 5.75 Å². The number of aliphatic hydroxyl groups excluding tert-OH is 1. The van der Waals surface area contributed by atoms with Gasteiger partial charge in [0.15, 0.2) is 5.13 Å². The second-order valence-corrected chi connectivity index (χ2v) is 10.5. The van der Waals surface area contributed by atoms with E-state index in [2.05, 4.69) is 9.97 Å². The summed E-state index contributed by atoms with van der Waals surface area (Å²) in [7, 11) is 1.58. The average Bonchev–Trinajstić information content (AvgIpc) is 3.41. The second-order valence-electron chi connectivity index (χ2n) is 9.10. The number of benzene rings is 2. The van der Waals surface area contributed by atoms with Crippen LogP contribution in [-0.2, 0) is 9.59 Å². The molecule has 9 heteroatoms. The van der Waals surface area contributed by atoms with E-state index >= 15 is 0 Å². The summed E-state index contributed by atoms with van der Waals surface area (Å²) >= 11 is 7.57. The van der Waals surface area contributed by atoms with Gasteiger partial charge >= 0.3 is 5.91 Å². The summed E-state index contributed by atoms with van der Waals surface area (Å²) in [6.07, 6.45) is 1.58. The Kier molecular flexibility index (Phi) is 6.47. The van der Waals surface area contributed by atoms with Gasteiger partial charge in [-0.3, -0.25) is 19.5 Å². The van der Waals surface area contributed by atoms with Crippen LogP contribution in [0, 0.1) is 6.92 Å². The van der Waals surface area contributed by atoms with Gasteiger partial charge in [-0.25, -0.2) is 4.98 Å². The number of carbonyl (C=O) groups excluding carboxylic acids is 2. The summed E-state index contributed by atoms with van der Waals surface area (Å²) in [5.74, 6) is -1.08. The summed E-state index contributed by atoms with van der Waals surface area (Å²) in [6.45, 7) is 5.91. The SMILES string of the molecule is COc1ccc(/C(O)=C2\C(=O)C(=O)N(c3nc4cc(Cl)c(C)cc4s3)C2c2ccccn2)cc1C(C)C. The van der Waals surface area contributed by atoms with Gasteiger partial charge in [0, 0.05) is 16.8 Å². The molecule has 0 aliphatic carbocycles. The van der Waals surface area contributed by atoms with Gasteiger partial charge < -0.3 is 9.84 Å². The van der Waals surface area contributed by atoms with Crippen LogP contribution in [0.3, 0.4) is 0 Å². The van der Waals surface area contributed by atoms with E-state index in [1.165, 1.54) is 16.2 Å². The van der Waals surface area contributed by atoms with Gasteiger partial charge in [0.25, 0.3) is 5.78 Å². The molecular formula is C28H24ClN3O4S. The molecule has 1 atom stereocenters. The monoisotopic (exact) mass is 533 g/mol. The molecule has 0 spiro atoms. The third kappa shape index (κ3) is 4.26. The number of aryl methyl sites for hydroxylation is 1. The molecular weight excluding hydrogens is 510 g/mol. The molecule has 1 unspecified atom stereocenters. The van der Waals surface area contributed by atoms with Crippen molar-refractivity contribution in [3.8, 4) is 5.75 Å². The van der Waals surface area contributed by atoms with Crippen LogP contribution in [0.15, 0.2) is 60.3 Å². The summed E-state index contributed by atoms with van der Waals surface area (Å²) in [5, 5.41) is 12.4. The van der Waals surface area contributed by atoms with Gasteiger partial charge in [0.1, 0.15) is 17.6 Å². The van der Waals surface area contributed by atoms with Crippen LogP contribution in [0.4, 0.5) is 5.13 Å². The molecule has 1 N–H and O–H groups in total. The highest BCUT2D eigenvalue weighted by molar-refractivity contribution is 7.22. The molecule has 0 bridgehead atoms. The molecule has 2 aromatic heterocycles. The van der Waals surface area contributed by atoms with Crippen molar-refractivity contribution in [1.82, 2.24) is 9.97 Å². The van der Waals surface area contributed by atoms with E-state index in [0.29, 0.717) is 32.7 Å². The maximum atomic E-state index is 13.4. The lowest BCUT2D eigenvalue weighted by Gasteiger charge is -2.22. The summed E-state index contributed by atoms with van der Waals surface area (Å²) in [5.41, 5.74) is 3.18. The zero-order chi connectivity index (χ0) is 26.4. The number of methoxy groups -OCH3 is 1. The van der Waals surface area contributed by atoms with Crippen molar-refractivity contribution in [2.45, 2.75) is 32.7 Å². The molecule has 1 aliphatic heterocycles. The number of carbonyl (C=O) groups is 2. The molecule has 188 valence electrons. The minimum atomic E-state index is -0.956. The predicted octanol–water partition coefficient (Wildman–Crippen LogP) is 6.41. The summed E-state index contributed by atoms with van der Waals surface area (Å²) in [6, 6.07) is 13.1. The zero-order valence-corrected chi connectivity index (χ0v) is 22.2. The number of pyridine rings is 1. The molecule has 0 saturated carbocycles. The third-order valence-electron chi connectivity index (χ3n) is 6.40. The van der Waals surface area contributed by atoms with Crippen molar-refractivity contribution in [3.05, 3.63) is 87.7 Å². The number of aliphatic hydroxyl groups is 1. The first-order chi connectivity index (χ1) is 17.7. The largest absolute Gasteiger partial charge is 0.507 e. The Morgan fingerprint density at radius 1 is 1.16 bits per heavy atom. The lowest BCUT2D eigenvalue weighted by molar-refractivity contribution is -0.132. The van der Waals surface area contributed by atoms with E-state index in [9.17, 15) is 14.7 Å². The number of aromatic nitrogens is 2. The number of hydrogen-bond acceptors (Lipinski definition) is 7. The zero-order valence-electron chi connectivity index (χ0n) is 20.7. The fourth-order valence-corrected chi connectivity index (χ4v) is 5.71. The number of halogens is 1. The number of ketones is 1. The number of fused-ring (bicyclic) bond motifs is 1. The van der Waals surface area contributed by atoms with Gasteiger partial charge in [-0.05, 0) is 66.4 Å². The first kappa shape index (κ1) is 24.9. The second kappa shape index (κ2) is 9.61. The van der Waals surface area contributed by atoms with E-state index < -0.39 is 17.7 Å². The van der Waals surface area contributed by atoms with Gasteiger partial charge in [-0.2, -0.15) is 0 Å². The average molecular weight is 534 g/mol. The molecule has 1 saturated heterocycles. The molecule has 1 fully saturated rings. The van der Waals surface area contributed by atoms with Crippen LogP contribution in [0.25, 0.3) is 16.0 Å². The smallest absolute Gasteiger partial charge is 0.301 e. The Morgan fingerprint density at radius 3 is 2.62 bits per heavy atom. The van der Waals surface area contributed by atoms with E-state index in [4.69, 9.17) is 16.3 Å². The van der Waals surface area contributed by atoms with Gasteiger partial charge in [-0.1, -0.05) is 42.9 Å². The van der Waals surface area contributed by atoms with Crippen molar-refractivity contribution < 1.29 is 19.4 Å². The highest BCUT2D eigenvalue weighted by atomic mass is 35.5. The number of thiazole rings is 1. The number of Topliss-reactive ketones (excluding diaryl/α,β-unsaturated/α-hetero) is 1. The van der Waals surface area contributed by atoms with Crippen molar-refractivity contribution >= 4 is 55.7 Å². The van der Waals surface area contributed by atoms with Crippen molar-refractivity contribution in [1.29, 1.82) is 0 Å². The third-order valence-corrected chi connectivity index (χ3v) is 7.83. The number of amides is 1. The fraction of sp³-hybridized carbons (Fsp3) is 0.214.